The minimum absolute atomic E-state index is 0.263. The van der Waals surface area contributed by atoms with Crippen LogP contribution in [0.5, 0.6) is 0 Å². The van der Waals surface area contributed by atoms with Crippen LogP contribution < -0.4 is 5.32 Å². The summed E-state index contributed by atoms with van der Waals surface area (Å²) in [6.45, 7) is 16.2. The van der Waals surface area contributed by atoms with Crippen LogP contribution in [0.4, 0.5) is 0 Å². The fraction of sp³-hybridized carbons (Fsp3) is 0.750. The molecule has 1 aliphatic carbocycles. The van der Waals surface area contributed by atoms with Crippen molar-refractivity contribution in [1.82, 2.24) is 5.32 Å². The Morgan fingerprint density at radius 2 is 1.50 bits per heavy atom. The summed E-state index contributed by atoms with van der Waals surface area (Å²) in [5.41, 5.74) is 8.34. The average molecular weight is 262 g/mol. The van der Waals surface area contributed by atoms with E-state index in [2.05, 4.69) is 53.8 Å². The Balaban J connectivity index is 2.15. The van der Waals surface area contributed by atoms with Gasteiger partial charge < -0.3 is 5.32 Å². The van der Waals surface area contributed by atoms with E-state index >= 15 is 0 Å². The van der Waals surface area contributed by atoms with Gasteiger partial charge in [-0.1, -0.05) is 17.2 Å². The zero-order valence-electron chi connectivity index (χ0n) is 13.1. The van der Waals surface area contributed by atoms with Gasteiger partial charge in [0.15, 0.2) is 0 Å². The quantitative estimate of drug-likeness (QED) is 0.734. The third-order valence-electron chi connectivity index (χ3n) is 4.76. The summed E-state index contributed by atoms with van der Waals surface area (Å²) in [7, 11) is -0.287. The lowest BCUT2D eigenvalue weighted by molar-refractivity contribution is 0.382. The highest BCUT2D eigenvalue weighted by Gasteiger charge is 2.43. The van der Waals surface area contributed by atoms with Gasteiger partial charge >= 0.3 is 0 Å². The van der Waals surface area contributed by atoms with E-state index in [1.54, 1.807) is 22.3 Å². The number of nitrogens with one attached hydrogen (secondary N) is 1. The van der Waals surface area contributed by atoms with Gasteiger partial charge in [-0.15, -0.1) is 0 Å². The lowest BCUT2D eigenvalue weighted by Crippen LogP contribution is -2.58. The standard InChI is InChI=1S/C16H28NSi/c1-10-11(2)13(4)15(12(10)3)18-9-8-14(18)17-16(5,6)7/h14-15,17H,8-9H2,1-7H3. The third-order valence-corrected chi connectivity index (χ3v) is 8.56. The van der Waals surface area contributed by atoms with Crippen molar-refractivity contribution in [1.29, 1.82) is 0 Å². The summed E-state index contributed by atoms with van der Waals surface area (Å²) in [6, 6.07) is 1.48. The van der Waals surface area contributed by atoms with Gasteiger partial charge in [-0.2, -0.15) is 0 Å². The van der Waals surface area contributed by atoms with Gasteiger partial charge in [-0.25, -0.2) is 0 Å². The Kier molecular flexibility index (Phi) is 3.63. The second kappa shape index (κ2) is 4.64. The molecule has 0 aromatic heterocycles. The monoisotopic (exact) mass is 262 g/mol. The molecule has 1 aliphatic heterocycles. The minimum Gasteiger partial charge on any atom is -0.312 e. The topological polar surface area (TPSA) is 12.0 Å². The first-order valence-electron chi connectivity index (χ1n) is 7.21. The molecule has 1 saturated heterocycles. The minimum atomic E-state index is -0.287. The highest BCUT2D eigenvalue weighted by molar-refractivity contribution is 6.67. The second-order valence-corrected chi connectivity index (χ2v) is 10.0. The first-order valence-corrected chi connectivity index (χ1v) is 9.07. The largest absolute Gasteiger partial charge is 0.312 e. The van der Waals surface area contributed by atoms with E-state index < -0.39 is 0 Å². The van der Waals surface area contributed by atoms with E-state index in [9.17, 15) is 0 Å². The molecule has 101 valence electrons. The molecule has 0 saturated carbocycles. The predicted molar refractivity (Wildman–Crippen MR) is 82.4 cm³/mol. The fourth-order valence-electron chi connectivity index (χ4n) is 3.39. The molecule has 2 rings (SSSR count). The van der Waals surface area contributed by atoms with Crippen LogP contribution in [0.3, 0.4) is 0 Å². The van der Waals surface area contributed by atoms with Crippen LogP contribution >= 0.6 is 0 Å². The molecule has 1 N–H and O–H groups in total. The Hall–Kier alpha value is -0.343. The summed E-state index contributed by atoms with van der Waals surface area (Å²) in [4.78, 5) is 0. The van der Waals surface area contributed by atoms with Gasteiger partial charge in [0.2, 0.25) is 0 Å². The number of hydrogen-bond acceptors (Lipinski definition) is 1. The second-order valence-electron chi connectivity index (χ2n) is 7.11. The van der Waals surface area contributed by atoms with Crippen molar-refractivity contribution in [3.8, 4) is 0 Å². The Morgan fingerprint density at radius 3 is 1.83 bits per heavy atom. The van der Waals surface area contributed by atoms with Crippen LogP contribution in [0.1, 0.15) is 54.9 Å². The van der Waals surface area contributed by atoms with E-state index in [1.807, 2.05) is 0 Å². The Morgan fingerprint density at radius 1 is 1.00 bits per heavy atom. The van der Waals surface area contributed by atoms with Gasteiger partial charge in [0, 0.05) is 5.54 Å². The van der Waals surface area contributed by atoms with E-state index in [0.717, 1.165) is 11.2 Å². The Labute approximate surface area is 114 Å². The first-order chi connectivity index (χ1) is 8.22. The van der Waals surface area contributed by atoms with Crippen LogP contribution in [0.2, 0.25) is 11.6 Å². The van der Waals surface area contributed by atoms with Crippen LogP contribution in [-0.2, 0) is 0 Å². The van der Waals surface area contributed by atoms with E-state index in [4.69, 9.17) is 0 Å². The molecule has 1 unspecified atom stereocenters. The fourth-order valence-corrected chi connectivity index (χ4v) is 7.16. The molecular formula is C16H28NSi. The van der Waals surface area contributed by atoms with E-state index in [1.165, 1.54) is 12.5 Å². The third kappa shape index (κ3) is 2.37. The number of hydrogen-bond donors (Lipinski definition) is 1. The van der Waals surface area contributed by atoms with Crippen molar-refractivity contribution in [2.75, 3.05) is 0 Å². The summed E-state index contributed by atoms with van der Waals surface area (Å²) in [6.07, 6.45) is 1.39. The van der Waals surface area contributed by atoms with Crippen molar-refractivity contribution in [3.05, 3.63) is 22.3 Å². The zero-order chi connectivity index (χ0) is 13.7. The smallest absolute Gasteiger partial charge is 0.0815 e. The van der Waals surface area contributed by atoms with Crippen LogP contribution in [0.25, 0.3) is 0 Å². The zero-order valence-corrected chi connectivity index (χ0v) is 14.1. The lowest BCUT2D eigenvalue weighted by Gasteiger charge is -2.44. The molecule has 2 heteroatoms. The van der Waals surface area contributed by atoms with Crippen molar-refractivity contribution < 1.29 is 0 Å². The summed E-state index contributed by atoms with van der Waals surface area (Å²) in [5.74, 6) is 0. The molecular weight excluding hydrogens is 234 g/mol. The van der Waals surface area contributed by atoms with Gasteiger partial charge in [0.05, 0.1) is 8.80 Å². The molecule has 18 heavy (non-hydrogen) atoms. The van der Waals surface area contributed by atoms with Crippen molar-refractivity contribution in [2.45, 2.75) is 77.7 Å². The molecule has 0 spiro atoms. The SMILES string of the molecule is CC1=C(C)C([Si]2CCC2NC(C)(C)C)C(C)=C1C. The van der Waals surface area contributed by atoms with Gasteiger partial charge in [-0.05, 0) is 77.2 Å². The maximum absolute atomic E-state index is 3.85. The number of rotatable bonds is 2. The maximum Gasteiger partial charge on any atom is 0.0815 e. The highest BCUT2D eigenvalue weighted by Crippen LogP contribution is 2.47. The first kappa shape index (κ1) is 14.1. The predicted octanol–water partition coefficient (Wildman–Crippen LogP) is 4.24. The molecule has 0 amide bonds. The van der Waals surface area contributed by atoms with Crippen LogP contribution in [0, 0.1) is 0 Å². The summed E-state index contributed by atoms with van der Waals surface area (Å²) in [5, 5.41) is 3.85. The van der Waals surface area contributed by atoms with Crippen LogP contribution in [-0.4, -0.2) is 20.0 Å². The van der Waals surface area contributed by atoms with Gasteiger partial charge in [0.1, 0.15) is 0 Å². The summed E-state index contributed by atoms with van der Waals surface area (Å²) < 4.78 is 0. The molecule has 0 bridgehead atoms. The normalized spacial score (nSPS) is 27.2. The number of allylic oxidation sites excluding steroid dienone is 4. The lowest BCUT2D eigenvalue weighted by atomic mass is 10.1. The molecule has 1 atom stereocenters. The molecule has 2 aliphatic rings. The Bertz CT molecular complexity index is 387. The molecule has 1 nitrogen and oxygen atoms in total. The van der Waals surface area contributed by atoms with Crippen molar-refractivity contribution >= 4 is 8.80 Å². The molecule has 1 radical (unpaired) electrons. The average Bonchev–Trinajstić information content (AvgIpc) is 2.41. The van der Waals surface area contributed by atoms with Gasteiger partial charge in [0.25, 0.3) is 0 Å². The summed E-state index contributed by atoms with van der Waals surface area (Å²) >= 11 is 0. The highest BCUT2D eigenvalue weighted by atomic mass is 28.3. The molecule has 1 fully saturated rings. The van der Waals surface area contributed by atoms with Crippen molar-refractivity contribution in [2.24, 2.45) is 0 Å². The van der Waals surface area contributed by atoms with E-state index in [0.29, 0.717) is 0 Å². The van der Waals surface area contributed by atoms with Crippen molar-refractivity contribution in [3.63, 3.8) is 0 Å². The maximum atomic E-state index is 3.85. The molecule has 1 heterocycles. The molecule has 0 aromatic carbocycles. The van der Waals surface area contributed by atoms with Crippen LogP contribution in [0.15, 0.2) is 22.3 Å². The molecule has 0 aromatic rings. The van der Waals surface area contributed by atoms with E-state index in [-0.39, 0.29) is 14.3 Å². The van der Waals surface area contributed by atoms with Gasteiger partial charge in [-0.3, -0.25) is 0 Å².